The monoisotopic (exact) mass is 273 g/mol. The quantitative estimate of drug-likeness (QED) is 0.769. The molecular formula is C13H11N3O2S. The van der Waals surface area contributed by atoms with E-state index in [4.69, 9.17) is 5.26 Å². The van der Waals surface area contributed by atoms with Gasteiger partial charge in [0.05, 0.1) is 0 Å². The zero-order valence-corrected chi connectivity index (χ0v) is 11.3. The average molecular weight is 273 g/mol. The van der Waals surface area contributed by atoms with Crippen LogP contribution in [0, 0.1) is 11.3 Å². The number of benzene rings is 1. The van der Waals surface area contributed by atoms with Crippen LogP contribution in [0.2, 0.25) is 0 Å². The first kappa shape index (κ1) is 13.2. The van der Waals surface area contributed by atoms with Gasteiger partial charge in [0.2, 0.25) is 0 Å². The minimum absolute atomic E-state index is 0.0153. The van der Waals surface area contributed by atoms with Crippen molar-refractivity contribution in [3.8, 4) is 6.07 Å². The van der Waals surface area contributed by atoms with Crippen molar-refractivity contribution in [1.29, 1.82) is 5.26 Å². The Labute approximate surface area is 113 Å². The Morgan fingerprint density at radius 3 is 2.32 bits per heavy atom. The molecule has 1 aromatic carbocycles. The number of hydrogen-bond donors (Lipinski definition) is 0. The summed E-state index contributed by atoms with van der Waals surface area (Å²) in [6.45, 7) is 0. The third-order valence-electron chi connectivity index (χ3n) is 2.68. The fourth-order valence-corrected chi connectivity index (χ4v) is 2.61. The highest BCUT2D eigenvalue weighted by Gasteiger charge is 2.16. The largest absolute Gasteiger partial charge is 0.331 e. The van der Waals surface area contributed by atoms with Crippen molar-refractivity contribution >= 4 is 11.8 Å². The maximum absolute atomic E-state index is 11.9. The molecule has 0 bridgehead atoms. The molecule has 0 atom stereocenters. The van der Waals surface area contributed by atoms with Gasteiger partial charge in [0.25, 0.3) is 5.56 Å². The van der Waals surface area contributed by atoms with Crippen LogP contribution in [0.25, 0.3) is 0 Å². The van der Waals surface area contributed by atoms with E-state index in [-0.39, 0.29) is 5.56 Å². The van der Waals surface area contributed by atoms with Crippen molar-refractivity contribution in [2.75, 3.05) is 0 Å². The highest BCUT2D eigenvalue weighted by Crippen LogP contribution is 2.27. The van der Waals surface area contributed by atoms with Gasteiger partial charge in [-0.05, 0) is 12.1 Å². The molecule has 2 aromatic rings. The molecule has 0 saturated carbocycles. The Kier molecular flexibility index (Phi) is 3.58. The van der Waals surface area contributed by atoms with Crippen LogP contribution in [0.4, 0.5) is 0 Å². The van der Waals surface area contributed by atoms with Gasteiger partial charge >= 0.3 is 5.69 Å². The Morgan fingerprint density at radius 1 is 1.11 bits per heavy atom. The molecular weight excluding hydrogens is 262 g/mol. The molecule has 1 aromatic heterocycles. The average Bonchev–Trinajstić information content (AvgIpc) is 2.44. The first-order valence-corrected chi connectivity index (χ1v) is 6.31. The molecule has 0 fully saturated rings. The van der Waals surface area contributed by atoms with Gasteiger partial charge in [-0.1, -0.05) is 30.0 Å². The molecule has 5 nitrogen and oxygen atoms in total. The Bertz CT molecular complexity index is 769. The summed E-state index contributed by atoms with van der Waals surface area (Å²) in [5.74, 6) is 0. The van der Waals surface area contributed by atoms with E-state index in [9.17, 15) is 9.59 Å². The zero-order chi connectivity index (χ0) is 14.0. The topological polar surface area (TPSA) is 67.8 Å². The fourth-order valence-electron chi connectivity index (χ4n) is 1.64. The van der Waals surface area contributed by atoms with Gasteiger partial charge in [-0.15, -0.1) is 0 Å². The normalized spacial score (nSPS) is 10.2. The van der Waals surface area contributed by atoms with E-state index >= 15 is 0 Å². The van der Waals surface area contributed by atoms with Gasteiger partial charge in [-0.3, -0.25) is 13.9 Å². The van der Waals surface area contributed by atoms with Crippen molar-refractivity contribution in [2.45, 2.75) is 9.92 Å². The van der Waals surface area contributed by atoms with Crippen LogP contribution in [-0.2, 0) is 14.1 Å². The van der Waals surface area contributed by atoms with Crippen molar-refractivity contribution in [3.05, 3.63) is 56.7 Å². The number of rotatable bonds is 2. The van der Waals surface area contributed by atoms with E-state index in [0.29, 0.717) is 5.03 Å². The number of aromatic nitrogens is 2. The molecule has 96 valence electrons. The highest BCUT2D eigenvalue weighted by atomic mass is 32.2. The molecule has 2 rings (SSSR count). The summed E-state index contributed by atoms with van der Waals surface area (Å²) < 4.78 is 2.26. The van der Waals surface area contributed by atoms with Gasteiger partial charge in [-0.25, -0.2) is 4.79 Å². The molecule has 0 radical (unpaired) electrons. The minimum atomic E-state index is -0.566. The molecule has 0 saturated heterocycles. The summed E-state index contributed by atoms with van der Waals surface area (Å²) in [5, 5.41) is 9.49. The molecule has 0 amide bonds. The molecule has 6 heteroatoms. The first-order valence-electron chi connectivity index (χ1n) is 5.49. The third-order valence-corrected chi connectivity index (χ3v) is 3.86. The summed E-state index contributed by atoms with van der Waals surface area (Å²) in [5.41, 5.74) is -1.02. The van der Waals surface area contributed by atoms with Crippen LogP contribution in [0.15, 0.2) is 49.8 Å². The predicted octanol–water partition coefficient (Wildman–Crippen LogP) is 1.11. The van der Waals surface area contributed by atoms with E-state index in [1.54, 1.807) is 7.05 Å². The minimum Gasteiger partial charge on any atom is -0.290 e. The maximum atomic E-state index is 11.9. The van der Waals surface area contributed by atoms with Gasteiger partial charge in [-0.2, -0.15) is 5.26 Å². The van der Waals surface area contributed by atoms with Crippen LogP contribution in [0.3, 0.4) is 0 Å². The van der Waals surface area contributed by atoms with Gasteiger partial charge in [0.15, 0.2) is 0 Å². The van der Waals surface area contributed by atoms with Crippen LogP contribution in [-0.4, -0.2) is 9.13 Å². The smallest absolute Gasteiger partial charge is 0.290 e. The van der Waals surface area contributed by atoms with E-state index in [0.717, 1.165) is 9.46 Å². The fraction of sp³-hybridized carbons (Fsp3) is 0.154. The SMILES string of the molecule is Cn1c(Sc2ccccc2)c(C#N)c(=O)n(C)c1=O. The second kappa shape index (κ2) is 5.16. The second-order valence-electron chi connectivity index (χ2n) is 3.91. The predicted molar refractivity (Wildman–Crippen MR) is 72.2 cm³/mol. The van der Waals surface area contributed by atoms with E-state index < -0.39 is 11.2 Å². The lowest BCUT2D eigenvalue weighted by molar-refractivity contribution is 0.631. The highest BCUT2D eigenvalue weighted by molar-refractivity contribution is 7.99. The van der Waals surface area contributed by atoms with Crippen molar-refractivity contribution in [3.63, 3.8) is 0 Å². The third kappa shape index (κ3) is 2.33. The van der Waals surface area contributed by atoms with Crippen LogP contribution < -0.4 is 11.2 Å². The Morgan fingerprint density at radius 2 is 1.74 bits per heavy atom. The lowest BCUT2D eigenvalue weighted by Crippen LogP contribution is -2.39. The standard InChI is InChI=1S/C13H11N3O2S/c1-15-11(17)10(8-14)12(16(2)13(15)18)19-9-6-4-3-5-7-9/h3-7H,1-2H3. The Balaban J connectivity index is 2.68. The summed E-state index contributed by atoms with van der Waals surface area (Å²) >= 11 is 1.23. The summed E-state index contributed by atoms with van der Waals surface area (Å²) in [4.78, 5) is 24.6. The van der Waals surface area contributed by atoms with E-state index in [2.05, 4.69) is 0 Å². The summed E-state index contributed by atoms with van der Waals surface area (Å²) in [6, 6.07) is 11.2. The lowest BCUT2D eigenvalue weighted by Gasteiger charge is -2.10. The van der Waals surface area contributed by atoms with Gasteiger partial charge < -0.3 is 0 Å². The lowest BCUT2D eigenvalue weighted by atomic mass is 10.3. The van der Waals surface area contributed by atoms with Crippen molar-refractivity contribution in [2.24, 2.45) is 14.1 Å². The number of nitriles is 1. The Hall–Kier alpha value is -2.26. The molecule has 19 heavy (non-hydrogen) atoms. The first-order chi connectivity index (χ1) is 9.06. The molecule has 0 spiro atoms. The summed E-state index contributed by atoms with van der Waals surface area (Å²) in [6.07, 6.45) is 0. The molecule has 0 N–H and O–H groups in total. The van der Waals surface area contributed by atoms with Gasteiger partial charge in [0.1, 0.15) is 16.7 Å². The maximum Gasteiger partial charge on any atom is 0.331 e. The van der Waals surface area contributed by atoms with Gasteiger partial charge in [0, 0.05) is 19.0 Å². The molecule has 1 heterocycles. The van der Waals surface area contributed by atoms with Crippen LogP contribution in [0.1, 0.15) is 5.56 Å². The van der Waals surface area contributed by atoms with Crippen molar-refractivity contribution in [1.82, 2.24) is 9.13 Å². The van der Waals surface area contributed by atoms with E-state index in [1.165, 1.54) is 23.4 Å². The van der Waals surface area contributed by atoms with Crippen LogP contribution in [0.5, 0.6) is 0 Å². The molecule has 0 aliphatic carbocycles. The van der Waals surface area contributed by atoms with Crippen LogP contribution >= 0.6 is 11.8 Å². The molecule has 0 unspecified atom stereocenters. The number of nitrogens with zero attached hydrogens (tertiary/aromatic N) is 3. The van der Waals surface area contributed by atoms with Crippen molar-refractivity contribution < 1.29 is 0 Å². The second-order valence-corrected chi connectivity index (χ2v) is 4.98. The number of hydrogen-bond acceptors (Lipinski definition) is 4. The summed E-state index contributed by atoms with van der Waals surface area (Å²) in [7, 11) is 2.91. The zero-order valence-electron chi connectivity index (χ0n) is 10.5. The van der Waals surface area contributed by atoms with E-state index in [1.807, 2.05) is 36.4 Å². The molecule has 0 aliphatic heterocycles. The molecule has 0 aliphatic rings.